The Bertz CT molecular complexity index is 499. The summed E-state index contributed by atoms with van der Waals surface area (Å²) in [6, 6.07) is 0. The molecule has 1 heterocycles. The van der Waals surface area contributed by atoms with Crippen molar-refractivity contribution in [3.63, 3.8) is 0 Å². The lowest BCUT2D eigenvalue weighted by Gasteiger charge is -2.12. The summed E-state index contributed by atoms with van der Waals surface area (Å²) in [5, 5.41) is 0. The molecule has 1 aromatic heterocycles. The molecule has 0 saturated carbocycles. The van der Waals surface area contributed by atoms with Gasteiger partial charge in [-0.25, -0.2) is 17.6 Å². The number of hydrogen-bond donors (Lipinski definition) is 0. The van der Waals surface area contributed by atoms with Gasteiger partial charge < -0.3 is 4.55 Å². The Morgan fingerprint density at radius 1 is 1.24 bits per heavy atom. The lowest BCUT2D eigenvalue weighted by Crippen LogP contribution is -2.38. The van der Waals surface area contributed by atoms with E-state index in [9.17, 15) is 13.0 Å². The summed E-state index contributed by atoms with van der Waals surface area (Å²) in [5.74, 6) is 0. The maximum atomic E-state index is 10.5. The van der Waals surface area contributed by atoms with Crippen LogP contribution < -0.4 is 4.57 Å². The van der Waals surface area contributed by atoms with Crippen LogP contribution in [-0.4, -0.2) is 23.6 Å². The van der Waals surface area contributed by atoms with Gasteiger partial charge in [0, 0.05) is 0 Å². The Morgan fingerprint density at radius 3 is 2.57 bits per heavy atom. The van der Waals surface area contributed by atoms with Gasteiger partial charge in [-0.05, 0) is 19.8 Å². The van der Waals surface area contributed by atoms with E-state index in [0.717, 1.165) is 13.0 Å². The predicted molar refractivity (Wildman–Crippen MR) is 78.2 cm³/mol. The summed E-state index contributed by atoms with van der Waals surface area (Å²) < 4.78 is 39.8. The second-order valence-electron chi connectivity index (χ2n) is 5.43. The monoisotopic (exact) mass is 318 g/mol. The highest BCUT2D eigenvalue weighted by atomic mass is 32.3. The van der Waals surface area contributed by atoms with Crippen LogP contribution >= 0.6 is 0 Å². The van der Waals surface area contributed by atoms with Gasteiger partial charge in [0.25, 0.3) is 0 Å². The number of imidazole rings is 1. The van der Waals surface area contributed by atoms with E-state index in [4.69, 9.17) is 0 Å². The molecule has 0 N–H and O–H groups in total. The molecule has 1 rings (SSSR count). The average molecular weight is 318 g/mol. The Labute approximate surface area is 127 Å². The first kappa shape index (κ1) is 18.1. The molecule has 1 atom stereocenters. The molecule has 0 amide bonds. The van der Waals surface area contributed by atoms with E-state index >= 15 is 0 Å². The quantitative estimate of drug-likeness (QED) is 0.271. The standard InChI is InChI=1S/C14H26N2O4S/c1-3-4-5-6-7-8-9-15-10-11-16(13-15)12-14(2)20-21(17,18)19/h10-11,13-14H,3-9,12H2,1-2H3/t14-/m0/s1. The molecule has 0 fully saturated rings. The van der Waals surface area contributed by atoms with Crippen LogP contribution in [-0.2, 0) is 27.7 Å². The van der Waals surface area contributed by atoms with Gasteiger partial charge in [0.1, 0.15) is 25.0 Å². The highest BCUT2D eigenvalue weighted by Gasteiger charge is 2.12. The summed E-state index contributed by atoms with van der Waals surface area (Å²) >= 11 is 0. The molecule has 122 valence electrons. The van der Waals surface area contributed by atoms with Gasteiger partial charge in [-0.1, -0.05) is 32.6 Å². The van der Waals surface area contributed by atoms with Crippen LogP contribution in [0.1, 0.15) is 52.4 Å². The molecule has 0 aromatic carbocycles. The Kier molecular flexibility index (Phi) is 7.92. The Balaban J connectivity index is 2.26. The summed E-state index contributed by atoms with van der Waals surface area (Å²) in [6.07, 6.45) is 12.6. The first-order chi connectivity index (χ1) is 9.90. The van der Waals surface area contributed by atoms with Crippen LogP contribution in [0, 0.1) is 0 Å². The zero-order chi connectivity index (χ0) is 15.7. The summed E-state index contributed by atoms with van der Waals surface area (Å²) in [6.45, 7) is 5.06. The van der Waals surface area contributed by atoms with Crippen molar-refractivity contribution in [1.29, 1.82) is 0 Å². The summed E-state index contributed by atoms with van der Waals surface area (Å²) in [4.78, 5) is 0. The third-order valence-corrected chi connectivity index (χ3v) is 3.83. The van der Waals surface area contributed by atoms with Crippen molar-refractivity contribution in [3.05, 3.63) is 18.7 Å². The molecule has 0 unspecified atom stereocenters. The fourth-order valence-corrected chi connectivity index (χ4v) is 2.75. The lowest BCUT2D eigenvalue weighted by atomic mass is 10.1. The van der Waals surface area contributed by atoms with Crippen LogP contribution in [0.15, 0.2) is 18.7 Å². The average Bonchev–Trinajstić information content (AvgIpc) is 2.78. The second-order valence-corrected chi connectivity index (χ2v) is 6.44. The fraction of sp³-hybridized carbons (Fsp3) is 0.786. The topological polar surface area (TPSA) is 75.2 Å². The van der Waals surface area contributed by atoms with Gasteiger partial charge in [0.15, 0.2) is 0 Å². The smallest absolute Gasteiger partial charge is 0.243 e. The molecule has 0 radical (unpaired) electrons. The van der Waals surface area contributed by atoms with Gasteiger partial charge in [0.05, 0.1) is 6.54 Å². The molecule has 0 aliphatic rings. The molecule has 0 aliphatic carbocycles. The zero-order valence-electron chi connectivity index (χ0n) is 12.9. The van der Waals surface area contributed by atoms with Gasteiger partial charge in [-0.3, -0.25) is 4.18 Å². The number of nitrogens with zero attached hydrogens (tertiary/aromatic N) is 2. The van der Waals surface area contributed by atoms with E-state index in [1.54, 1.807) is 6.92 Å². The largest absolute Gasteiger partial charge is 0.726 e. The molecular formula is C14H26N2O4S. The normalized spacial score (nSPS) is 13.5. The van der Waals surface area contributed by atoms with Crippen molar-refractivity contribution in [2.45, 2.75) is 71.6 Å². The molecule has 1 aromatic rings. The van der Waals surface area contributed by atoms with Gasteiger partial charge in [-0.15, -0.1) is 0 Å². The molecule has 0 spiro atoms. The molecule has 7 heteroatoms. The van der Waals surface area contributed by atoms with E-state index in [-0.39, 0.29) is 0 Å². The highest BCUT2D eigenvalue weighted by Crippen LogP contribution is 2.06. The van der Waals surface area contributed by atoms with E-state index in [2.05, 4.69) is 15.7 Å². The van der Waals surface area contributed by atoms with E-state index in [0.29, 0.717) is 6.54 Å². The van der Waals surface area contributed by atoms with E-state index in [1.807, 2.05) is 23.3 Å². The minimum Gasteiger partial charge on any atom is -0.726 e. The van der Waals surface area contributed by atoms with Crippen LogP contribution in [0.2, 0.25) is 0 Å². The first-order valence-electron chi connectivity index (χ1n) is 7.59. The van der Waals surface area contributed by atoms with E-state index in [1.165, 1.54) is 32.1 Å². The number of unbranched alkanes of at least 4 members (excludes halogenated alkanes) is 5. The molecule has 0 saturated heterocycles. The predicted octanol–water partition coefficient (Wildman–Crippen LogP) is 2.00. The van der Waals surface area contributed by atoms with E-state index < -0.39 is 16.5 Å². The van der Waals surface area contributed by atoms with Crippen molar-refractivity contribution in [2.75, 3.05) is 0 Å². The molecule has 21 heavy (non-hydrogen) atoms. The second kappa shape index (κ2) is 9.17. The number of aromatic nitrogens is 2. The van der Waals surface area contributed by atoms with Crippen LogP contribution in [0.5, 0.6) is 0 Å². The highest BCUT2D eigenvalue weighted by molar-refractivity contribution is 7.80. The third-order valence-electron chi connectivity index (χ3n) is 3.27. The summed E-state index contributed by atoms with van der Waals surface area (Å²) in [7, 11) is -4.63. The van der Waals surface area contributed by atoms with Crippen LogP contribution in [0.3, 0.4) is 0 Å². The summed E-state index contributed by atoms with van der Waals surface area (Å²) in [5.41, 5.74) is 0. The van der Waals surface area contributed by atoms with Crippen LogP contribution in [0.25, 0.3) is 0 Å². The fourth-order valence-electron chi connectivity index (χ4n) is 2.28. The minimum absolute atomic E-state index is 0.338. The SMILES string of the molecule is CCCCCCCCn1cc[n+](C[C@H](C)OS(=O)(=O)[O-])c1. The van der Waals surface area contributed by atoms with Crippen molar-refractivity contribution in [3.8, 4) is 0 Å². The molecular weight excluding hydrogens is 292 g/mol. The maximum Gasteiger partial charge on any atom is 0.243 e. The Morgan fingerprint density at radius 2 is 1.90 bits per heavy atom. The Hall–Kier alpha value is -0.920. The maximum absolute atomic E-state index is 10.5. The molecule has 0 aliphatic heterocycles. The molecule has 6 nitrogen and oxygen atoms in total. The zero-order valence-corrected chi connectivity index (χ0v) is 13.7. The van der Waals surface area contributed by atoms with Crippen LogP contribution in [0.4, 0.5) is 0 Å². The third kappa shape index (κ3) is 8.85. The number of hydrogen-bond acceptors (Lipinski definition) is 4. The lowest BCUT2D eigenvalue weighted by molar-refractivity contribution is -0.701. The van der Waals surface area contributed by atoms with Gasteiger partial charge >= 0.3 is 0 Å². The minimum atomic E-state index is -4.63. The van der Waals surface area contributed by atoms with Crippen molar-refractivity contribution >= 4 is 10.4 Å². The number of aryl methyl sites for hydroxylation is 1. The first-order valence-corrected chi connectivity index (χ1v) is 8.93. The van der Waals surface area contributed by atoms with Crippen molar-refractivity contribution in [2.24, 2.45) is 0 Å². The van der Waals surface area contributed by atoms with Crippen molar-refractivity contribution in [1.82, 2.24) is 4.57 Å². The molecule has 0 bridgehead atoms. The van der Waals surface area contributed by atoms with Gasteiger partial charge in [-0.2, -0.15) is 0 Å². The van der Waals surface area contributed by atoms with Gasteiger partial charge in [0.2, 0.25) is 16.7 Å². The van der Waals surface area contributed by atoms with Crippen molar-refractivity contribution < 1.29 is 21.7 Å². The number of rotatable bonds is 11.